The monoisotopic (exact) mass is 152 g/mol. The molecule has 0 rings (SSSR count). The Balaban J connectivity index is 3.83. The Morgan fingerprint density at radius 3 is 1.38 bits per heavy atom. The van der Waals surface area contributed by atoms with Gasteiger partial charge in [0.2, 0.25) is 0 Å². The van der Waals surface area contributed by atoms with Gasteiger partial charge in [-0.1, -0.05) is 11.1 Å². The first kappa shape index (κ1) is 8.32. The van der Waals surface area contributed by atoms with E-state index in [4.69, 9.17) is 23.2 Å². The van der Waals surface area contributed by atoms with Crippen LogP contribution in [0.3, 0.4) is 0 Å². The van der Waals surface area contributed by atoms with Gasteiger partial charge in [0.1, 0.15) is 0 Å². The van der Waals surface area contributed by atoms with Crippen molar-refractivity contribution in [3.8, 4) is 0 Å². The fourth-order valence-corrected chi connectivity index (χ4v) is 0.684. The lowest BCUT2D eigenvalue weighted by Crippen LogP contribution is -1.85. The SMILES string of the molecule is C/C(CCl)=C(/C)CCl. The predicted octanol–water partition coefficient (Wildman–Crippen LogP) is 2.80. The van der Waals surface area contributed by atoms with E-state index >= 15 is 0 Å². The Bertz CT molecular complexity index is 82.7. The van der Waals surface area contributed by atoms with Crippen LogP contribution in [0.15, 0.2) is 11.1 Å². The summed E-state index contributed by atoms with van der Waals surface area (Å²) in [5.74, 6) is 1.19. The lowest BCUT2D eigenvalue weighted by atomic mass is 10.2. The zero-order valence-electron chi connectivity index (χ0n) is 5.17. The molecule has 0 aromatic rings. The molecule has 0 spiro atoms. The van der Waals surface area contributed by atoms with Crippen LogP contribution in [-0.4, -0.2) is 11.8 Å². The lowest BCUT2D eigenvalue weighted by molar-refractivity contribution is 1.24. The standard InChI is InChI=1S/C6H10Cl2/c1-5(3-7)6(2)4-8/h3-4H2,1-2H3/b6-5+. The Labute approximate surface area is 60.5 Å². The Kier molecular flexibility index (Phi) is 4.39. The highest BCUT2D eigenvalue weighted by atomic mass is 35.5. The maximum atomic E-state index is 5.51. The van der Waals surface area contributed by atoms with Gasteiger partial charge in [-0.15, -0.1) is 23.2 Å². The number of hydrogen-bond donors (Lipinski definition) is 0. The van der Waals surface area contributed by atoms with Crippen molar-refractivity contribution in [2.24, 2.45) is 0 Å². The van der Waals surface area contributed by atoms with Gasteiger partial charge in [0.05, 0.1) is 0 Å². The Morgan fingerprint density at radius 2 is 1.25 bits per heavy atom. The fraction of sp³-hybridized carbons (Fsp3) is 0.667. The first-order valence-corrected chi connectivity index (χ1v) is 3.56. The Morgan fingerprint density at radius 1 is 1.00 bits per heavy atom. The van der Waals surface area contributed by atoms with Gasteiger partial charge < -0.3 is 0 Å². The van der Waals surface area contributed by atoms with Gasteiger partial charge in [-0.05, 0) is 13.8 Å². The number of halogens is 2. The summed E-state index contributed by atoms with van der Waals surface area (Å²) < 4.78 is 0. The zero-order valence-corrected chi connectivity index (χ0v) is 6.68. The maximum absolute atomic E-state index is 5.51. The van der Waals surface area contributed by atoms with Gasteiger partial charge in [-0.3, -0.25) is 0 Å². The highest BCUT2D eigenvalue weighted by molar-refractivity contribution is 6.20. The number of hydrogen-bond acceptors (Lipinski definition) is 0. The topological polar surface area (TPSA) is 0 Å². The third-order valence-corrected chi connectivity index (χ3v) is 1.93. The largest absolute Gasteiger partial charge is 0.122 e. The molecule has 0 N–H and O–H groups in total. The molecule has 0 fully saturated rings. The summed E-state index contributed by atoms with van der Waals surface area (Å²) in [4.78, 5) is 0. The molecule has 0 atom stereocenters. The average molecular weight is 153 g/mol. The van der Waals surface area contributed by atoms with Crippen LogP contribution in [0, 0.1) is 0 Å². The summed E-state index contributed by atoms with van der Waals surface area (Å²) >= 11 is 11.0. The van der Waals surface area contributed by atoms with Crippen molar-refractivity contribution in [2.75, 3.05) is 11.8 Å². The molecule has 0 aliphatic carbocycles. The lowest BCUT2D eigenvalue weighted by Gasteiger charge is -1.97. The summed E-state index contributed by atoms with van der Waals surface area (Å²) in [6.07, 6.45) is 0. The molecule has 0 radical (unpaired) electrons. The fourth-order valence-electron chi connectivity index (χ4n) is 0.228. The molecule has 2 heteroatoms. The molecule has 0 saturated heterocycles. The summed E-state index contributed by atoms with van der Waals surface area (Å²) in [6, 6.07) is 0. The van der Waals surface area contributed by atoms with Crippen LogP contribution in [0.5, 0.6) is 0 Å². The smallest absolute Gasteiger partial charge is 0.0433 e. The van der Waals surface area contributed by atoms with Crippen molar-refractivity contribution >= 4 is 23.2 Å². The van der Waals surface area contributed by atoms with Gasteiger partial charge in [0.15, 0.2) is 0 Å². The molecule has 0 aromatic heterocycles. The Hall–Kier alpha value is 0.320. The van der Waals surface area contributed by atoms with Crippen LogP contribution in [-0.2, 0) is 0 Å². The second-order valence-electron chi connectivity index (χ2n) is 1.83. The van der Waals surface area contributed by atoms with E-state index in [1.165, 1.54) is 11.1 Å². The van der Waals surface area contributed by atoms with E-state index in [-0.39, 0.29) is 0 Å². The first-order valence-electron chi connectivity index (χ1n) is 2.49. The molecular weight excluding hydrogens is 143 g/mol. The molecule has 0 aromatic carbocycles. The molecule has 0 nitrogen and oxygen atoms in total. The van der Waals surface area contributed by atoms with Crippen molar-refractivity contribution in [3.05, 3.63) is 11.1 Å². The molecular formula is C6H10Cl2. The minimum absolute atomic E-state index is 0.596. The van der Waals surface area contributed by atoms with Crippen LogP contribution in [0.25, 0.3) is 0 Å². The molecule has 48 valence electrons. The van der Waals surface area contributed by atoms with Gasteiger partial charge in [-0.25, -0.2) is 0 Å². The van der Waals surface area contributed by atoms with Gasteiger partial charge in [0.25, 0.3) is 0 Å². The van der Waals surface area contributed by atoms with Crippen molar-refractivity contribution in [3.63, 3.8) is 0 Å². The summed E-state index contributed by atoms with van der Waals surface area (Å²) in [7, 11) is 0. The molecule has 0 aliphatic heterocycles. The predicted molar refractivity (Wildman–Crippen MR) is 39.8 cm³/mol. The van der Waals surface area contributed by atoms with E-state index in [1.807, 2.05) is 13.8 Å². The molecule has 0 amide bonds. The molecule has 0 aliphatic rings. The number of allylic oxidation sites excluding steroid dienone is 2. The van der Waals surface area contributed by atoms with Crippen LogP contribution in [0.4, 0.5) is 0 Å². The summed E-state index contributed by atoms with van der Waals surface area (Å²) in [5, 5.41) is 0. The average Bonchev–Trinajstić information content (AvgIpc) is 1.84. The second-order valence-corrected chi connectivity index (χ2v) is 2.36. The van der Waals surface area contributed by atoms with E-state index in [9.17, 15) is 0 Å². The first-order chi connectivity index (χ1) is 3.72. The quantitative estimate of drug-likeness (QED) is 0.422. The molecule has 8 heavy (non-hydrogen) atoms. The van der Waals surface area contributed by atoms with Crippen LogP contribution >= 0.6 is 23.2 Å². The van der Waals surface area contributed by atoms with E-state index in [0.717, 1.165) is 0 Å². The van der Waals surface area contributed by atoms with Crippen LogP contribution in [0.2, 0.25) is 0 Å². The second kappa shape index (κ2) is 4.22. The number of rotatable bonds is 2. The third-order valence-electron chi connectivity index (χ3n) is 1.13. The van der Waals surface area contributed by atoms with Crippen LogP contribution in [0.1, 0.15) is 13.8 Å². The third kappa shape index (κ3) is 2.58. The zero-order chi connectivity index (χ0) is 6.57. The molecule has 0 heterocycles. The van der Waals surface area contributed by atoms with Crippen molar-refractivity contribution < 1.29 is 0 Å². The van der Waals surface area contributed by atoms with Crippen molar-refractivity contribution in [1.82, 2.24) is 0 Å². The maximum Gasteiger partial charge on any atom is 0.0433 e. The highest BCUT2D eigenvalue weighted by Crippen LogP contribution is 2.05. The molecule has 0 unspecified atom stereocenters. The van der Waals surface area contributed by atoms with Gasteiger partial charge >= 0.3 is 0 Å². The van der Waals surface area contributed by atoms with Crippen molar-refractivity contribution in [1.29, 1.82) is 0 Å². The van der Waals surface area contributed by atoms with Gasteiger partial charge in [-0.2, -0.15) is 0 Å². The minimum atomic E-state index is 0.596. The highest BCUT2D eigenvalue weighted by Gasteiger charge is 1.90. The van der Waals surface area contributed by atoms with E-state index in [2.05, 4.69) is 0 Å². The molecule has 0 bridgehead atoms. The van der Waals surface area contributed by atoms with E-state index < -0.39 is 0 Å². The van der Waals surface area contributed by atoms with E-state index in [1.54, 1.807) is 0 Å². The van der Waals surface area contributed by atoms with E-state index in [0.29, 0.717) is 11.8 Å². The minimum Gasteiger partial charge on any atom is -0.122 e. The normalized spacial score (nSPS) is 13.5. The molecule has 0 saturated carbocycles. The van der Waals surface area contributed by atoms with Crippen LogP contribution < -0.4 is 0 Å². The number of alkyl halides is 2. The van der Waals surface area contributed by atoms with Crippen molar-refractivity contribution in [2.45, 2.75) is 13.8 Å². The van der Waals surface area contributed by atoms with Gasteiger partial charge in [0, 0.05) is 11.8 Å². The summed E-state index contributed by atoms with van der Waals surface area (Å²) in [6.45, 7) is 3.98. The summed E-state index contributed by atoms with van der Waals surface area (Å²) in [5.41, 5.74) is 2.36.